The van der Waals surface area contributed by atoms with Crippen molar-refractivity contribution in [3.63, 3.8) is 0 Å². The van der Waals surface area contributed by atoms with E-state index in [1.54, 1.807) is 0 Å². The fourth-order valence-electron chi connectivity index (χ4n) is 9.40. The summed E-state index contributed by atoms with van der Waals surface area (Å²) < 4.78 is 0. The summed E-state index contributed by atoms with van der Waals surface area (Å²) in [5, 5.41) is 0. The van der Waals surface area contributed by atoms with Crippen LogP contribution in [-0.2, 0) is 10.8 Å². The third-order valence-corrected chi connectivity index (χ3v) is 12.5. The van der Waals surface area contributed by atoms with E-state index in [2.05, 4.69) is 219 Å². The zero-order valence-electron chi connectivity index (χ0n) is 35.2. The van der Waals surface area contributed by atoms with Crippen molar-refractivity contribution in [1.82, 2.24) is 4.98 Å². The molecular weight excluding hydrogens is 717 g/mol. The molecule has 10 rings (SSSR count). The Kier molecular flexibility index (Phi) is 8.93. The molecule has 1 saturated heterocycles. The number of benzene rings is 6. The van der Waals surface area contributed by atoms with Crippen molar-refractivity contribution in [2.24, 2.45) is 0 Å². The normalized spacial score (nSPS) is 14.5. The highest BCUT2D eigenvalue weighted by molar-refractivity contribution is 7.00. The van der Waals surface area contributed by atoms with Gasteiger partial charge in [0.1, 0.15) is 11.6 Å². The van der Waals surface area contributed by atoms with Crippen molar-refractivity contribution >= 4 is 80.2 Å². The summed E-state index contributed by atoms with van der Waals surface area (Å²) in [4.78, 5) is 15.6. The Balaban J connectivity index is 1.23. The number of anilines is 10. The van der Waals surface area contributed by atoms with E-state index in [1.165, 1.54) is 63.1 Å². The molecule has 0 bridgehead atoms. The molecule has 0 N–H and O–H groups in total. The van der Waals surface area contributed by atoms with Gasteiger partial charge in [0.25, 0.3) is 6.71 Å². The summed E-state index contributed by atoms with van der Waals surface area (Å²) >= 11 is 0. The molecule has 7 aromatic rings. The first kappa shape index (κ1) is 37.0. The molecule has 3 aliphatic rings. The SMILES string of the molecule is CC(C)(C)c1ccc(N(c2ccc(C(C)(C)C)cc2)c2ccc3c(n2)N(c2ccccc2)c2cc(N4CCCC4)cc4c2B3c2ccccc2N4c2ccccc2)cc1. The number of para-hydroxylation sites is 3. The third-order valence-electron chi connectivity index (χ3n) is 12.5. The van der Waals surface area contributed by atoms with Gasteiger partial charge >= 0.3 is 0 Å². The van der Waals surface area contributed by atoms with Gasteiger partial charge in [-0.25, -0.2) is 4.98 Å². The number of aromatic nitrogens is 1. The van der Waals surface area contributed by atoms with Crippen LogP contribution in [0.5, 0.6) is 0 Å². The minimum absolute atomic E-state index is 0.00843. The Labute approximate surface area is 350 Å². The van der Waals surface area contributed by atoms with Crippen LogP contribution in [0.25, 0.3) is 0 Å². The average molecular weight is 770 g/mol. The number of fused-ring (bicyclic) bond motifs is 4. The number of hydrogen-bond donors (Lipinski definition) is 0. The highest BCUT2D eigenvalue weighted by Gasteiger charge is 2.44. The van der Waals surface area contributed by atoms with Gasteiger partial charge in [-0.05, 0) is 124 Å². The van der Waals surface area contributed by atoms with Crippen LogP contribution in [0.1, 0.15) is 65.5 Å². The van der Waals surface area contributed by atoms with Gasteiger partial charge in [-0.15, -0.1) is 0 Å². The van der Waals surface area contributed by atoms with E-state index in [9.17, 15) is 0 Å². The first-order chi connectivity index (χ1) is 28.5. The second kappa shape index (κ2) is 14.2. The molecule has 1 fully saturated rings. The van der Waals surface area contributed by atoms with E-state index in [-0.39, 0.29) is 17.5 Å². The molecule has 292 valence electrons. The van der Waals surface area contributed by atoms with Gasteiger partial charge in [0.15, 0.2) is 0 Å². The summed E-state index contributed by atoms with van der Waals surface area (Å²) in [5.41, 5.74) is 15.8. The summed E-state index contributed by atoms with van der Waals surface area (Å²) in [7, 11) is 0. The average Bonchev–Trinajstić information content (AvgIpc) is 3.80. The molecule has 0 unspecified atom stereocenters. The fourth-order valence-corrected chi connectivity index (χ4v) is 9.40. The van der Waals surface area contributed by atoms with Crippen molar-refractivity contribution in [1.29, 1.82) is 0 Å². The van der Waals surface area contributed by atoms with E-state index in [4.69, 9.17) is 4.98 Å². The molecule has 0 amide bonds. The van der Waals surface area contributed by atoms with E-state index < -0.39 is 0 Å². The molecular formula is C53H52BN5. The molecule has 0 radical (unpaired) electrons. The molecule has 0 spiro atoms. The molecule has 6 aromatic carbocycles. The lowest BCUT2D eigenvalue weighted by Crippen LogP contribution is -2.61. The number of rotatable bonds is 6. The third kappa shape index (κ3) is 6.46. The molecule has 0 atom stereocenters. The monoisotopic (exact) mass is 769 g/mol. The van der Waals surface area contributed by atoms with Gasteiger partial charge in [-0.3, -0.25) is 9.80 Å². The van der Waals surface area contributed by atoms with Crippen LogP contribution in [0.4, 0.5) is 57.1 Å². The lowest BCUT2D eigenvalue weighted by atomic mass is 9.33. The van der Waals surface area contributed by atoms with Crippen LogP contribution in [0, 0.1) is 0 Å². The molecule has 0 aliphatic carbocycles. The van der Waals surface area contributed by atoms with Crippen molar-refractivity contribution in [2.75, 3.05) is 32.7 Å². The molecule has 5 nitrogen and oxygen atoms in total. The Morgan fingerprint density at radius 3 is 1.56 bits per heavy atom. The van der Waals surface area contributed by atoms with E-state index in [1.807, 2.05) is 0 Å². The Morgan fingerprint density at radius 2 is 1.00 bits per heavy atom. The minimum atomic E-state index is -0.00843. The van der Waals surface area contributed by atoms with Crippen molar-refractivity contribution in [3.05, 3.63) is 169 Å². The van der Waals surface area contributed by atoms with Crippen LogP contribution in [0.3, 0.4) is 0 Å². The van der Waals surface area contributed by atoms with Gasteiger partial charge in [0.05, 0.1) is 0 Å². The highest BCUT2D eigenvalue weighted by Crippen LogP contribution is 2.47. The zero-order chi connectivity index (χ0) is 40.5. The largest absolute Gasteiger partial charge is 0.371 e. The number of hydrogen-bond acceptors (Lipinski definition) is 5. The summed E-state index contributed by atoms with van der Waals surface area (Å²) in [6.45, 7) is 15.7. The van der Waals surface area contributed by atoms with Gasteiger partial charge in [-0.1, -0.05) is 126 Å². The van der Waals surface area contributed by atoms with E-state index in [0.717, 1.165) is 47.5 Å². The van der Waals surface area contributed by atoms with Crippen molar-refractivity contribution in [2.45, 2.75) is 65.2 Å². The first-order valence-corrected chi connectivity index (χ1v) is 21.3. The molecule has 6 heteroatoms. The van der Waals surface area contributed by atoms with Gasteiger partial charge in [-0.2, -0.15) is 0 Å². The number of pyridine rings is 1. The van der Waals surface area contributed by atoms with Gasteiger partial charge < -0.3 is 9.80 Å². The molecule has 0 saturated carbocycles. The predicted molar refractivity (Wildman–Crippen MR) is 252 cm³/mol. The quantitative estimate of drug-likeness (QED) is 0.157. The predicted octanol–water partition coefficient (Wildman–Crippen LogP) is 11.8. The van der Waals surface area contributed by atoms with Crippen LogP contribution in [0.2, 0.25) is 0 Å². The van der Waals surface area contributed by atoms with E-state index >= 15 is 0 Å². The molecule has 1 aromatic heterocycles. The van der Waals surface area contributed by atoms with Crippen molar-refractivity contribution < 1.29 is 0 Å². The zero-order valence-corrected chi connectivity index (χ0v) is 35.2. The van der Waals surface area contributed by atoms with Crippen LogP contribution >= 0.6 is 0 Å². The lowest BCUT2D eigenvalue weighted by molar-refractivity contribution is 0.590. The smallest absolute Gasteiger partial charge is 0.254 e. The van der Waals surface area contributed by atoms with Crippen LogP contribution in [-0.4, -0.2) is 24.8 Å². The molecule has 3 aliphatic heterocycles. The fraction of sp³-hybridized carbons (Fsp3) is 0.226. The second-order valence-electron chi connectivity index (χ2n) is 18.4. The van der Waals surface area contributed by atoms with Gasteiger partial charge in [0.2, 0.25) is 0 Å². The van der Waals surface area contributed by atoms with Gasteiger partial charge in [0, 0.05) is 58.6 Å². The lowest BCUT2D eigenvalue weighted by Gasteiger charge is -2.44. The summed E-state index contributed by atoms with van der Waals surface area (Å²) in [6.07, 6.45) is 2.42. The Bertz CT molecular complexity index is 2580. The standard InChI is InChI=1S/C53H52BN5/c1-52(2,3)37-23-27-41(28-24-37)57(42-29-25-38(26-30-42)53(4,5)6)49-32-31-45-51(55-49)59(40-19-11-8-12-20-40)48-36-43(56-33-15-16-34-56)35-47-50(48)54(45)44-21-13-14-22-46(44)58(47)39-17-9-7-10-18-39/h7-14,17-32,35-36H,15-16,33-34H2,1-6H3. The molecule has 4 heterocycles. The maximum absolute atomic E-state index is 5.82. The topological polar surface area (TPSA) is 25.9 Å². The number of nitrogens with zero attached hydrogens (tertiary/aromatic N) is 5. The Hall–Kier alpha value is -6.27. The molecule has 59 heavy (non-hydrogen) atoms. The maximum atomic E-state index is 5.82. The summed E-state index contributed by atoms with van der Waals surface area (Å²) in [6, 6.07) is 58.4. The van der Waals surface area contributed by atoms with E-state index in [0.29, 0.717) is 0 Å². The minimum Gasteiger partial charge on any atom is -0.371 e. The second-order valence-corrected chi connectivity index (χ2v) is 18.4. The maximum Gasteiger partial charge on any atom is 0.254 e. The Morgan fingerprint density at radius 1 is 0.492 bits per heavy atom. The first-order valence-electron chi connectivity index (χ1n) is 21.3. The highest BCUT2D eigenvalue weighted by atomic mass is 15.3. The summed E-state index contributed by atoms with van der Waals surface area (Å²) in [5.74, 6) is 1.84. The van der Waals surface area contributed by atoms with Crippen LogP contribution in [0.15, 0.2) is 158 Å². The van der Waals surface area contributed by atoms with Crippen LogP contribution < -0.4 is 36.0 Å². The van der Waals surface area contributed by atoms with Crippen molar-refractivity contribution in [3.8, 4) is 0 Å².